The summed E-state index contributed by atoms with van der Waals surface area (Å²) in [7, 11) is 0. The van der Waals surface area contributed by atoms with Crippen molar-refractivity contribution >= 4 is 39.8 Å². The van der Waals surface area contributed by atoms with Crippen molar-refractivity contribution in [3.63, 3.8) is 0 Å². The SMILES string of the molecule is CC[C@@H]1CCc2c(sc(NC(=O)CCCl)c2C(N)=O)C1. The van der Waals surface area contributed by atoms with Gasteiger partial charge in [0.05, 0.1) is 5.56 Å². The second kappa shape index (κ2) is 6.59. The lowest BCUT2D eigenvalue weighted by Gasteiger charge is -2.20. The van der Waals surface area contributed by atoms with Gasteiger partial charge in [0.15, 0.2) is 0 Å². The topological polar surface area (TPSA) is 72.2 Å². The molecule has 0 unspecified atom stereocenters. The van der Waals surface area contributed by atoms with Crippen LogP contribution in [-0.2, 0) is 17.6 Å². The van der Waals surface area contributed by atoms with Crippen molar-refractivity contribution < 1.29 is 9.59 Å². The molecule has 1 aliphatic carbocycles. The molecule has 3 N–H and O–H groups in total. The predicted octanol–water partition coefficient (Wildman–Crippen LogP) is 2.93. The van der Waals surface area contributed by atoms with Crippen LogP contribution in [0.3, 0.4) is 0 Å². The van der Waals surface area contributed by atoms with Gasteiger partial charge in [0, 0.05) is 17.2 Å². The van der Waals surface area contributed by atoms with Crippen molar-refractivity contribution in [2.45, 2.75) is 39.0 Å². The molecule has 2 rings (SSSR count). The lowest BCUT2D eigenvalue weighted by atomic mass is 9.85. The Morgan fingerprint density at radius 3 is 2.85 bits per heavy atom. The minimum atomic E-state index is -0.460. The Kier molecular flexibility index (Phi) is 5.05. The fourth-order valence-corrected chi connectivity index (χ4v) is 4.18. The number of primary amides is 1. The molecule has 20 heavy (non-hydrogen) atoms. The van der Waals surface area contributed by atoms with E-state index in [1.54, 1.807) is 0 Å². The fourth-order valence-electron chi connectivity index (χ4n) is 2.63. The quantitative estimate of drug-likeness (QED) is 0.820. The second-order valence-corrected chi connectivity index (χ2v) is 6.56. The number of fused-ring (bicyclic) bond motifs is 1. The largest absolute Gasteiger partial charge is 0.365 e. The number of hydrogen-bond acceptors (Lipinski definition) is 3. The van der Waals surface area contributed by atoms with Crippen molar-refractivity contribution in [1.82, 2.24) is 0 Å². The highest BCUT2D eigenvalue weighted by Gasteiger charge is 2.27. The van der Waals surface area contributed by atoms with Crippen LogP contribution in [0.15, 0.2) is 0 Å². The fraction of sp³-hybridized carbons (Fsp3) is 0.571. The van der Waals surface area contributed by atoms with Gasteiger partial charge < -0.3 is 11.1 Å². The lowest BCUT2D eigenvalue weighted by Crippen LogP contribution is -2.19. The van der Waals surface area contributed by atoms with Gasteiger partial charge in [-0.25, -0.2) is 0 Å². The zero-order chi connectivity index (χ0) is 14.7. The predicted molar refractivity (Wildman–Crippen MR) is 82.6 cm³/mol. The maximum absolute atomic E-state index is 11.7. The maximum Gasteiger partial charge on any atom is 0.251 e. The molecule has 1 aliphatic rings. The van der Waals surface area contributed by atoms with E-state index in [4.69, 9.17) is 17.3 Å². The molecule has 0 aliphatic heterocycles. The zero-order valence-corrected chi connectivity index (χ0v) is 13.1. The normalized spacial score (nSPS) is 17.6. The van der Waals surface area contributed by atoms with Crippen LogP contribution in [0.1, 0.15) is 47.0 Å². The Bertz CT molecular complexity index is 527. The lowest BCUT2D eigenvalue weighted by molar-refractivity contribution is -0.115. The van der Waals surface area contributed by atoms with Crippen LogP contribution in [0, 0.1) is 5.92 Å². The van der Waals surface area contributed by atoms with Crippen LogP contribution in [0.2, 0.25) is 0 Å². The van der Waals surface area contributed by atoms with Crippen LogP contribution in [-0.4, -0.2) is 17.7 Å². The molecule has 1 heterocycles. The van der Waals surface area contributed by atoms with Crippen molar-refractivity contribution in [2.24, 2.45) is 11.7 Å². The van der Waals surface area contributed by atoms with E-state index in [1.807, 2.05) is 0 Å². The van der Waals surface area contributed by atoms with E-state index in [2.05, 4.69) is 12.2 Å². The van der Waals surface area contributed by atoms with E-state index in [0.717, 1.165) is 31.2 Å². The average Bonchev–Trinajstić information content (AvgIpc) is 2.75. The number of hydrogen-bond donors (Lipinski definition) is 2. The Hall–Kier alpha value is -1.07. The number of halogens is 1. The number of thiophene rings is 1. The van der Waals surface area contributed by atoms with Gasteiger partial charge >= 0.3 is 0 Å². The average molecular weight is 315 g/mol. The summed E-state index contributed by atoms with van der Waals surface area (Å²) in [5, 5.41) is 3.37. The summed E-state index contributed by atoms with van der Waals surface area (Å²) in [6.45, 7) is 2.18. The number of carbonyl (C=O) groups excluding carboxylic acids is 2. The van der Waals surface area contributed by atoms with Crippen molar-refractivity contribution in [2.75, 3.05) is 11.2 Å². The first-order chi connectivity index (χ1) is 9.56. The molecule has 2 amide bonds. The Morgan fingerprint density at radius 2 is 2.25 bits per heavy atom. The number of alkyl halides is 1. The molecular formula is C14H19ClN2O2S. The van der Waals surface area contributed by atoms with Crippen molar-refractivity contribution in [3.8, 4) is 0 Å². The summed E-state index contributed by atoms with van der Waals surface area (Å²) in [4.78, 5) is 24.6. The minimum Gasteiger partial charge on any atom is -0.365 e. The Labute approximate surface area is 127 Å². The van der Waals surface area contributed by atoms with Crippen LogP contribution >= 0.6 is 22.9 Å². The number of amides is 2. The van der Waals surface area contributed by atoms with Crippen molar-refractivity contribution in [1.29, 1.82) is 0 Å². The van der Waals surface area contributed by atoms with Gasteiger partial charge in [0.25, 0.3) is 5.91 Å². The maximum atomic E-state index is 11.7. The Balaban J connectivity index is 2.30. The van der Waals surface area contributed by atoms with E-state index in [-0.39, 0.29) is 18.2 Å². The number of anilines is 1. The Morgan fingerprint density at radius 1 is 1.50 bits per heavy atom. The first kappa shape index (κ1) is 15.3. The van der Waals surface area contributed by atoms with Crippen molar-refractivity contribution in [3.05, 3.63) is 16.0 Å². The highest BCUT2D eigenvalue weighted by Crippen LogP contribution is 2.40. The number of nitrogens with two attached hydrogens (primary N) is 1. The third-order valence-electron chi connectivity index (χ3n) is 3.77. The molecule has 1 aromatic heterocycles. The summed E-state index contributed by atoms with van der Waals surface area (Å²) in [6, 6.07) is 0. The van der Waals surface area contributed by atoms with Crippen LogP contribution < -0.4 is 11.1 Å². The smallest absolute Gasteiger partial charge is 0.251 e. The molecular weight excluding hydrogens is 296 g/mol. The summed E-state index contributed by atoms with van der Waals surface area (Å²) < 4.78 is 0. The molecule has 0 bridgehead atoms. The first-order valence-electron chi connectivity index (χ1n) is 6.86. The zero-order valence-electron chi connectivity index (χ0n) is 11.5. The second-order valence-electron chi connectivity index (χ2n) is 5.08. The van der Waals surface area contributed by atoms with Gasteiger partial charge in [0.2, 0.25) is 5.91 Å². The first-order valence-corrected chi connectivity index (χ1v) is 8.22. The number of nitrogens with one attached hydrogen (secondary N) is 1. The summed E-state index contributed by atoms with van der Waals surface area (Å²) in [5.74, 6) is 0.292. The third kappa shape index (κ3) is 3.15. The minimum absolute atomic E-state index is 0.173. The van der Waals surface area contributed by atoms with E-state index in [1.165, 1.54) is 16.2 Å². The summed E-state index contributed by atoms with van der Waals surface area (Å²) in [6.07, 6.45) is 4.29. The van der Waals surface area contributed by atoms with Crippen LogP contribution in [0.5, 0.6) is 0 Å². The molecule has 0 saturated heterocycles. The van der Waals surface area contributed by atoms with Crippen LogP contribution in [0.25, 0.3) is 0 Å². The van der Waals surface area contributed by atoms with Gasteiger partial charge in [-0.2, -0.15) is 0 Å². The molecule has 110 valence electrons. The third-order valence-corrected chi connectivity index (χ3v) is 5.12. The standard InChI is InChI=1S/C14H19ClN2O2S/c1-2-8-3-4-9-10(7-8)20-14(12(9)13(16)19)17-11(18)5-6-15/h8H,2-7H2,1H3,(H2,16,19)(H,17,18)/t8-/m1/s1. The van der Waals surface area contributed by atoms with E-state index in [0.29, 0.717) is 16.5 Å². The van der Waals surface area contributed by atoms with Gasteiger partial charge in [-0.1, -0.05) is 13.3 Å². The summed E-state index contributed by atoms with van der Waals surface area (Å²) in [5.41, 5.74) is 7.03. The molecule has 0 radical (unpaired) electrons. The van der Waals surface area contributed by atoms with Gasteiger partial charge in [-0.3, -0.25) is 9.59 Å². The molecule has 6 heteroatoms. The van der Waals surface area contributed by atoms with E-state index < -0.39 is 5.91 Å². The van der Waals surface area contributed by atoms with E-state index >= 15 is 0 Å². The summed E-state index contributed by atoms with van der Waals surface area (Å²) >= 11 is 7.04. The number of carbonyl (C=O) groups is 2. The van der Waals surface area contributed by atoms with E-state index in [9.17, 15) is 9.59 Å². The molecule has 0 spiro atoms. The molecule has 0 saturated carbocycles. The van der Waals surface area contributed by atoms with Gasteiger partial charge in [-0.15, -0.1) is 22.9 Å². The molecule has 0 aromatic carbocycles. The monoisotopic (exact) mass is 314 g/mol. The molecule has 1 atom stereocenters. The van der Waals surface area contributed by atoms with Gasteiger partial charge in [-0.05, 0) is 30.7 Å². The highest BCUT2D eigenvalue weighted by molar-refractivity contribution is 7.17. The van der Waals surface area contributed by atoms with Crippen LogP contribution in [0.4, 0.5) is 5.00 Å². The molecule has 4 nitrogen and oxygen atoms in total. The van der Waals surface area contributed by atoms with Gasteiger partial charge in [0.1, 0.15) is 5.00 Å². The number of rotatable bonds is 5. The molecule has 1 aromatic rings. The molecule has 0 fully saturated rings. The highest BCUT2D eigenvalue weighted by atomic mass is 35.5.